The van der Waals surface area contributed by atoms with Crippen LogP contribution in [0.15, 0.2) is 206 Å². The molecular weight excluding hydrogens is 577 g/mol. The molecule has 0 aliphatic rings. The topological polar surface area (TPSA) is 0 Å². The predicted octanol–water partition coefficient (Wildman–Crippen LogP) is 13.4. The molecule has 0 heterocycles. The van der Waals surface area contributed by atoms with Crippen LogP contribution in [0.3, 0.4) is 0 Å². The molecular formula is C48H34. The van der Waals surface area contributed by atoms with E-state index in [9.17, 15) is 0 Å². The van der Waals surface area contributed by atoms with Crippen LogP contribution in [0.1, 0.15) is 0 Å². The van der Waals surface area contributed by atoms with E-state index in [4.69, 9.17) is 0 Å². The van der Waals surface area contributed by atoms with E-state index in [0.29, 0.717) is 0 Å². The molecule has 0 amide bonds. The Kier molecular flexibility index (Phi) is 8.05. The van der Waals surface area contributed by atoms with E-state index in [0.717, 1.165) is 0 Å². The van der Waals surface area contributed by atoms with Crippen molar-refractivity contribution < 1.29 is 0 Å². The van der Waals surface area contributed by atoms with Gasteiger partial charge in [-0.05, 0) is 77.9 Å². The molecule has 0 bridgehead atoms. The van der Waals surface area contributed by atoms with E-state index in [-0.39, 0.29) is 0 Å². The minimum atomic E-state index is 1.19. The van der Waals surface area contributed by atoms with Gasteiger partial charge in [0.15, 0.2) is 0 Å². The summed E-state index contributed by atoms with van der Waals surface area (Å²) in [6.07, 6.45) is 0. The number of hydrogen-bond donors (Lipinski definition) is 0. The smallest absolute Gasteiger partial charge is 0.00141 e. The van der Waals surface area contributed by atoms with Crippen molar-refractivity contribution in [3.8, 4) is 77.9 Å². The first-order valence-corrected chi connectivity index (χ1v) is 16.5. The lowest BCUT2D eigenvalue weighted by Crippen LogP contribution is -1.98. The van der Waals surface area contributed by atoms with Crippen LogP contribution in [-0.2, 0) is 0 Å². The van der Waals surface area contributed by atoms with Gasteiger partial charge in [-0.15, -0.1) is 0 Å². The Morgan fingerprint density at radius 2 is 0.375 bits per heavy atom. The van der Waals surface area contributed by atoms with Gasteiger partial charge in [-0.2, -0.15) is 0 Å². The molecule has 0 atom stereocenters. The summed E-state index contributed by atoms with van der Waals surface area (Å²) in [6.45, 7) is 0. The highest BCUT2D eigenvalue weighted by atomic mass is 14.3. The van der Waals surface area contributed by atoms with Gasteiger partial charge in [-0.25, -0.2) is 0 Å². The van der Waals surface area contributed by atoms with E-state index in [1.165, 1.54) is 77.9 Å². The summed E-state index contributed by atoms with van der Waals surface area (Å²) in [5, 5.41) is 0. The molecule has 8 aromatic carbocycles. The van der Waals surface area contributed by atoms with Gasteiger partial charge < -0.3 is 0 Å². The summed E-state index contributed by atoms with van der Waals surface area (Å²) in [4.78, 5) is 0. The maximum absolute atomic E-state index is 2.30. The second-order valence-corrected chi connectivity index (χ2v) is 12.0. The zero-order valence-electron chi connectivity index (χ0n) is 26.6. The van der Waals surface area contributed by atoms with Gasteiger partial charge in [0.1, 0.15) is 0 Å². The summed E-state index contributed by atoms with van der Waals surface area (Å²) >= 11 is 0. The number of rotatable bonds is 7. The molecule has 8 aromatic rings. The van der Waals surface area contributed by atoms with E-state index in [2.05, 4.69) is 206 Å². The molecule has 48 heavy (non-hydrogen) atoms. The quantitative estimate of drug-likeness (QED) is 0.168. The van der Waals surface area contributed by atoms with Crippen molar-refractivity contribution in [1.82, 2.24) is 0 Å². The Morgan fingerprint density at radius 3 is 0.708 bits per heavy atom. The molecule has 0 spiro atoms. The molecule has 0 aliphatic carbocycles. The molecule has 0 radical (unpaired) electrons. The maximum Gasteiger partial charge on any atom is -0.00141 e. The summed E-state index contributed by atoms with van der Waals surface area (Å²) in [5.41, 5.74) is 16.9. The van der Waals surface area contributed by atoms with Crippen LogP contribution in [0.4, 0.5) is 0 Å². The fraction of sp³-hybridized carbons (Fsp3) is 0. The molecule has 0 saturated heterocycles. The molecule has 0 heteroatoms. The van der Waals surface area contributed by atoms with E-state index in [1.807, 2.05) is 0 Å². The van der Waals surface area contributed by atoms with Gasteiger partial charge >= 0.3 is 0 Å². The van der Waals surface area contributed by atoms with Crippen molar-refractivity contribution in [3.63, 3.8) is 0 Å². The van der Waals surface area contributed by atoms with Gasteiger partial charge in [0.2, 0.25) is 0 Å². The van der Waals surface area contributed by atoms with Crippen molar-refractivity contribution in [2.24, 2.45) is 0 Å². The Labute approximate surface area is 283 Å². The van der Waals surface area contributed by atoms with Gasteiger partial charge in [0, 0.05) is 0 Å². The summed E-state index contributed by atoms with van der Waals surface area (Å²) in [5.74, 6) is 0. The average Bonchev–Trinajstić information content (AvgIpc) is 3.19. The molecule has 0 fully saturated rings. The first kappa shape index (κ1) is 29.2. The monoisotopic (exact) mass is 610 g/mol. The molecule has 0 aromatic heterocycles. The largest absolute Gasteiger partial charge is 0.0622 e. The normalized spacial score (nSPS) is 10.9. The van der Waals surface area contributed by atoms with Crippen molar-refractivity contribution in [2.75, 3.05) is 0 Å². The summed E-state index contributed by atoms with van der Waals surface area (Å²) < 4.78 is 0. The molecule has 226 valence electrons. The minimum absolute atomic E-state index is 1.19. The predicted molar refractivity (Wildman–Crippen MR) is 204 cm³/mol. The SMILES string of the molecule is c1ccc(-c2ccccc2-c2cccc(-c3ccccc3)c2-c2c(-c3ccccc3)cccc2-c2ccccc2-c2ccccc2)cc1. The van der Waals surface area contributed by atoms with Crippen LogP contribution in [0.5, 0.6) is 0 Å². The minimum Gasteiger partial charge on any atom is -0.0622 e. The highest BCUT2D eigenvalue weighted by Gasteiger charge is 2.23. The number of hydrogen-bond acceptors (Lipinski definition) is 0. The first-order valence-electron chi connectivity index (χ1n) is 16.5. The Bertz CT molecular complexity index is 2130. The number of benzene rings is 8. The maximum atomic E-state index is 2.30. The fourth-order valence-electron chi connectivity index (χ4n) is 6.98. The van der Waals surface area contributed by atoms with Gasteiger partial charge in [-0.1, -0.05) is 206 Å². The molecule has 0 unspecified atom stereocenters. The van der Waals surface area contributed by atoms with Crippen LogP contribution in [0.2, 0.25) is 0 Å². The van der Waals surface area contributed by atoms with Crippen LogP contribution in [-0.4, -0.2) is 0 Å². The van der Waals surface area contributed by atoms with Crippen molar-refractivity contribution in [3.05, 3.63) is 206 Å². The van der Waals surface area contributed by atoms with E-state index >= 15 is 0 Å². The lowest BCUT2D eigenvalue weighted by Gasteiger charge is -2.24. The molecule has 0 aliphatic heterocycles. The zero-order valence-corrected chi connectivity index (χ0v) is 26.6. The third-order valence-corrected chi connectivity index (χ3v) is 9.15. The highest BCUT2D eigenvalue weighted by Crippen LogP contribution is 2.50. The van der Waals surface area contributed by atoms with Gasteiger partial charge in [0.25, 0.3) is 0 Å². The highest BCUT2D eigenvalue weighted by molar-refractivity contribution is 6.07. The zero-order chi connectivity index (χ0) is 32.1. The summed E-state index contributed by atoms with van der Waals surface area (Å²) in [7, 11) is 0. The van der Waals surface area contributed by atoms with Gasteiger partial charge in [-0.3, -0.25) is 0 Å². The second-order valence-electron chi connectivity index (χ2n) is 12.0. The lowest BCUT2D eigenvalue weighted by molar-refractivity contribution is 1.52. The molecule has 0 saturated carbocycles. The third-order valence-electron chi connectivity index (χ3n) is 9.15. The van der Waals surface area contributed by atoms with Gasteiger partial charge in [0.05, 0.1) is 0 Å². The third kappa shape index (κ3) is 5.55. The first-order chi connectivity index (χ1) is 23.9. The molecule has 0 nitrogen and oxygen atoms in total. The van der Waals surface area contributed by atoms with Crippen LogP contribution >= 0.6 is 0 Å². The Hall–Kier alpha value is -6.24. The average molecular weight is 611 g/mol. The van der Waals surface area contributed by atoms with Crippen molar-refractivity contribution in [2.45, 2.75) is 0 Å². The van der Waals surface area contributed by atoms with Crippen LogP contribution in [0, 0.1) is 0 Å². The fourth-order valence-corrected chi connectivity index (χ4v) is 6.98. The molecule has 0 N–H and O–H groups in total. The lowest BCUT2D eigenvalue weighted by atomic mass is 9.79. The van der Waals surface area contributed by atoms with Crippen LogP contribution in [0.25, 0.3) is 77.9 Å². The van der Waals surface area contributed by atoms with E-state index in [1.54, 1.807) is 0 Å². The Morgan fingerprint density at radius 1 is 0.146 bits per heavy atom. The van der Waals surface area contributed by atoms with Crippen molar-refractivity contribution >= 4 is 0 Å². The van der Waals surface area contributed by atoms with Crippen molar-refractivity contribution in [1.29, 1.82) is 0 Å². The second kappa shape index (κ2) is 13.2. The van der Waals surface area contributed by atoms with Crippen LogP contribution < -0.4 is 0 Å². The van der Waals surface area contributed by atoms with E-state index < -0.39 is 0 Å². The summed E-state index contributed by atoms with van der Waals surface area (Å²) in [6, 6.07) is 74.4. The molecule has 8 rings (SSSR count). The Balaban J connectivity index is 1.52. The standard InChI is InChI=1S/C48H34/c1-5-19-35(20-6-1)39-27-13-15-29-43(39)45-33-17-31-41(37-23-9-3-10-24-37)47(45)48-42(38-25-11-4-12-26-38)32-18-34-46(48)44-30-16-14-28-40(44)36-21-7-2-8-22-36/h1-34H.